The minimum Gasteiger partial charge on any atom is -0.458 e. The molecule has 0 bridgehead atoms. The summed E-state index contributed by atoms with van der Waals surface area (Å²) in [6.45, 7) is 3.59. The molecule has 0 atom stereocenters. The molecule has 2 N–H and O–H groups in total. The second kappa shape index (κ2) is 6.42. The summed E-state index contributed by atoms with van der Waals surface area (Å²) in [6, 6.07) is 3.61. The lowest BCUT2D eigenvalue weighted by Crippen LogP contribution is -2.12. The predicted octanol–water partition coefficient (Wildman–Crippen LogP) is 2.03. The Morgan fingerprint density at radius 2 is 2.17 bits per heavy atom. The van der Waals surface area contributed by atoms with Crippen molar-refractivity contribution in [3.8, 4) is 11.6 Å². The highest BCUT2D eigenvalue weighted by atomic mass is 16.5. The number of hydrogen-bond donors (Lipinski definition) is 2. The van der Waals surface area contributed by atoms with Crippen molar-refractivity contribution in [2.75, 3.05) is 5.32 Å². The zero-order valence-corrected chi connectivity index (χ0v) is 12.8. The van der Waals surface area contributed by atoms with Crippen molar-refractivity contribution in [2.45, 2.75) is 33.1 Å². The van der Waals surface area contributed by atoms with Crippen LogP contribution < -0.4 is 5.32 Å². The highest BCUT2D eigenvalue weighted by molar-refractivity contribution is 5.89. The molecule has 0 aromatic carbocycles. The molecule has 9 nitrogen and oxygen atoms in total. The van der Waals surface area contributed by atoms with E-state index in [4.69, 9.17) is 8.94 Å². The number of aromatic nitrogens is 5. The zero-order chi connectivity index (χ0) is 16.2. The van der Waals surface area contributed by atoms with Crippen molar-refractivity contribution < 1.29 is 13.7 Å². The van der Waals surface area contributed by atoms with Crippen molar-refractivity contribution in [1.82, 2.24) is 25.3 Å². The van der Waals surface area contributed by atoms with Crippen molar-refractivity contribution in [1.29, 1.82) is 0 Å². The lowest BCUT2D eigenvalue weighted by atomic mass is 10.2. The van der Waals surface area contributed by atoms with Crippen LogP contribution in [0.15, 0.2) is 21.1 Å². The van der Waals surface area contributed by atoms with Gasteiger partial charge in [-0.15, -0.1) is 5.10 Å². The molecule has 0 saturated heterocycles. The monoisotopic (exact) mass is 316 g/mol. The highest BCUT2D eigenvalue weighted by Crippen LogP contribution is 2.18. The molecule has 0 fully saturated rings. The maximum atomic E-state index is 11.9. The average Bonchev–Trinajstić information content (AvgIpc) is 3.21. The van der Waals surface area contributed by atoms with Gasteiger partial charge in [0.05, 0.1) is 0 Å². The van der Waals surface area contributed by atoms with Gasteiger partial charge in [0.25, 0.3) is 0 Å². The normalized spacial score (nSPS) is 10.9. The second-order valence-electron chi connectivity index (χ2n) is 5.05. The number of nitrogens with zero attached hydrogens (tertiary/aromatic N) is 4. The smallest absolute Gasteiger partial charge is 0.249 e. The van der Waals surface area contributed by atoms with Crippen molar-refractivity contribution in [2.24, 2.45) is 0 Å². The van der Waals surface area contributed by atoms with E-state index in [1.54, 1.807) is 13.0 Å². The Hall–Kier alpha value is -2.97. The van der Waals surface area contributed by atoms with E-state index >= 15 is 0 Å². The van der Waals surface area contributed by atoms with Gasteiger partial charge in [-0.2, -0.15) is 9.97 Å². The molecule has 0 saturated carbocycles. The third-order valence-electron chi connectivity index (χ3n) is 3.07. The van der Waals surface area contributed by atoms with Crippen LogP contribution in [-0.4, -0.2) is 31.2 Å². The fourth-order valence-electron chi connectivity index (χ4n) is 2.02. The molecule has 3 aromatic heterocycles. The molecule has 0 unspecified atom stereocenters. The van der Waals surface area contributed by atoms with Crippen LogP contribution in [0.5, 0.6) is 0 Å². The first-order valence-corrected chi connectivity index (χ1v) is 7.18. The summed E-state index contributed by atoms with van der Waals surface area (Å²) >= 11 is 0. The van der Waals surface area contributed by atoms with Gasteiger partial charge in [0.2, 0.25) is 17.7 Å². The predicted molar refractivity (Wildman–Crippen MR) is 79.4 cm³/mol. The lowest BCUT2D eigenvalue weighted by molar-refractivity contribution is -0.116. The Balaban J connectivity index is 1.49. The fraction of sp³-hybridized carbons (Fsp3) is 0.357. The molecule has 0 aliphatic carbocycles. The number of carbonyl (C=O) groups is 1. The third-order valence-corrected chi connectivity index (χ3v) is 3.07. The number of carbonyl (C=O) groups excluding carboxylic acids is 1. The molecule has 3 heterocycles. The molecule has 0 aliphatic rings. The molecule has 120 valence electrons. The Morgan fingerprint density at radius 3 is 2.87 bits per heavy atom. The number of aryl methyl sites for hydroxylation is 3. The fourth-order valence-corrected chi connectivity index (χ4v) is 2.02. The number of hydrogen-bond acceptors (Lipinski definition) is 7. The van der Waals surface area contributed by atoms with E-state index in [9.17, 15) is 4.79 Å². The number of anilines is 1. The van der Waals surface area contributed by atoms with Crippen molar-refractivity contribution in [3.05, 3.63) is 29.6 Å². The van der Waals surface area contributed by atoms with Gasteiger partial charge in [0.15, 0.2) is 17.4 Å². The summed E-state index contributed by atoms with van der Waals surface area (Å²) in [5.41, 5.74) is 0. The van der Waals surface area contributed by atoms with E-state index in [0.29, 0.717) is 42.6 Å². The topological polar surface area (TPSA) is 123 Å². The van der Waals surface area contributed by atoms with E-state index in [1.165, 1.54) is 0 Å². The van der Waals surface area contributed by atoms with Crippen LogP contribution in [0, 0.1) is 13.8 Å². The van der Waals surface area contributed by atoms with Crippen molar-refractivity contribution >= 4 is 11.9 Å². The highest BCUT2D eigenvalue weighted by Gasteiger charge is 2.12. The van der Waals surface area contributed by atoms with E-state index < -0.39 is 0 Å². The molecule has 3 rings (SSSR count). The maximum absolute atomic E-state index is 11.9. The van der Waals surface area contributed by atoms with Crippen LogP contribution in [0.1, 0.15) is 30.3 Å². The molecule has 23 heavy (non-hydrogen) atoms. The standard InChI is InChI=1S/C14H16N6O3/c1-8-6-7-10(22-8)13-17-14(19-18-13)16-11(21)4-3-5-12-15-9(2)20-23-12/h6-7H,3-5H2,1-2H3,(H2,16,17,18,19,21). The molecule has 0 spiro atoms. The van der Waals surface area contributed by atoms with E-state index in [0.717, 1.165) is 5.76 Å². The third kappa shape index (κ3) is 3.82. The first-order chi connectivity index (χ1) is 11.1. The van der Waals surface area contributed by atoms with Crippen LogP contribution in [0.25, 0.3) is 11.6 Å². The summed E-state index contributed by atoms with van der Waals surface area (Å²) in [4.78, 5) is 20.1. The van der Waals surface area contributed by atoms with Crippen LogP contribution in [-0.2, 0) is 11.2 Å². The number of rotatable bonds is 6. The number of furan rings is 1. The number of nitrogens with one attached hydrogen (secondary N) is 2. The largest absolute Gasteiger partial charge is 0.458 e. The summed E-state index contributed by atoms with van der Waals surface area (Å²) in [5, 5.41) is 13.0. The van der Waals surface area contributed by atoms with Gasteiger partial charge in [-0.1, -0.05) is 5.16 Å². The lowest BCUT2D eigenvalue weighted by Gasteiger charge is -1.98. The number of H-pyrrole nitrogens is 1. The van der Waals surface area contributed by atoms with Gasteiger partial charge in [0, 0.05) is 12.8 Å². The maximum Gasteiger partial charge on any atom is 0.249 e. The summed E-state index contributed by atoms with van der Waals surface area (Å²) in [7, 11) is 0. The molecule has 9 heteroatoms. The van der Waals surface area contributed by atoms with Crippen LogP contribution in [0.3, 0.4) is 0 Å². The first-order valence-electron chi connectivity index (χ1n) is 7.18. The summed E-state index contributed by atoms with van der Waals surface area (Å²) < 4.78 is 10.4. The van der Waals surface area contributed by atoms with Crippen LogP contribution in [0.4, 0.5) is 5.95 Å². The Morgan fingerprint density at radius 1 is 1.30 bits per heavy atom. The Labute approximate surface area is 131 Å². The van der Waals surface area contributed by atoms with Gasteiger partial charge in [-0.25, -0.2) is 0 Å². The quantitative estimate of drug-likeness (QED) is 0.713. The summed E-state index contributed by atoms with van der Waals surface area (Å²) in [5.74, 6) is 2.97. The number of aromatic amines is 1. The van der Waals surface area contributed by atoms with Gasteiger partial charge < -0.3 is 8.94 Å². The van der Waals surface area contributed by atoms with Crippen LogP contribution in [0.2, 0.25) is 0 Å². The van der Waals surface area contributed by atoms with Gasteiger partial charge >= 0.3 is 0 Å². The van der Waals surface area contributed by atoms with E-state index in [-0.39, 0.29) is 11.9 Å². The molecule has 0 aliphatic heterocycles. The summed E-state index contributed by atoms with van der Waals surface area (Å²) in [6.07, 6.45) is 1.46. The van der Waals surface area contributed by atoms with Crippen LogP contribution >= 0.6 is 0 Å². The zero-order valence-electron chi connectivity index (χ0n) is 12.8. The first kappa shape index (κ1) is 14.9. The molecule has 3 aromatic rings. The molecular formula is C14H16N6O3. The Kier molecular flexibility index (Phi) is 4.18. The van der Waals surface area contributed by atoms with Gasteiger partial charge in [0.1, 0.15) is 5.76 Å². The van der Waals surface area contributed by atoms with Gasteiger partial charge in [-0.05, 0) is 32.4 Å². The minimum absolute atomic E-state index is 0.178. The molecular weight excluding hydrogens is 300 g/mol. The average molecular weight is 316 g/mol. The van der Waals surface area contributed by atoms with Gasteiger partial charge in [-0.3, -0.25) is 15.2 Å². The minimum atomic E-state index is -0.178. The molecule has 0 radical (unpaired) electrons. The SMILES string of the molecule is Cc1noc(CCCC(=O)Nc2n[nH]c(-c3ccc(C)o3)n2)n1. The van der Waals surface area contributed by atoms with E-state index in [2.05, 4.69) is 30.6 Å². The Bertz CT molecular complexity index is 803. The second-order valence-corrected chi connectivity index (χ2v) is 5.05. The number of amides is 1. The van der Waals surface area contributed by atoms with E-state index in [1.807, 2.05) is 13.0 Å². The molecule has 1 amide bonds. The van der Waals surface area contributed by atoms with Crippen molar-refractivity contribution in [3.63, 3.8) is 0 Å².